The minimum atomic E-state index is -0.910. The summed E-state index contributed by atoms with van der Waals surface area (Å²) in [5.74, 6) is -0.637. The van der Waals surface area contributed by atoms with Crippen molar-refractivity contribution in [2.75, 3.05) is 5.32 Å². The van der Waals surface area contributed by atoms with E-state index in [9.17, 15) is 14.3 Å². The molecule has 0 fully saturated rings. The van der Waals surface area contributed by atoms with E-state index in [2.05, 4.69) is 17.5 Å². The van der Waals surface area contributed by atoms with Crippen LogP contribution in [0.2, 0.25) is 0 Å². The van der Waals surface area contributed by atoms with Crippen LogP contribution >= 0.6 is 0 Å². The highest BCUT2D eigenvalue weighted by Gasteiger charge is 2.38. The number of anilines is 1. The molecule has 0 spiro atoms. The van der Waals surface area contributed by atoms with Gasteiger partial charge in [0.05, 0.1) is 11.6 Å². The van der Waals surface area contributed by atoms with Crippen LogP contribution in [-0.2, 0) is 0 Å². The Kier molecular flexibility index (Phi) is 3.18. The zero-order valence-corrected chi connectivity index (χ0v) is 12.4. The summed E-state index contributed by atoms with van der Waals surface area (Å²) in [6.07, 6.45) is 5.24. The average Bonchev–Trinajstić information content (AvgIpc) is 3.04. The first kappa shape index (κ1) is 14.0. The van der Waals surface area contributed by atoms with Gasteiger partial charge in [0.15, 0.2) is 0 Å². The van der Waals surface area contributed by atoms with Crippen molar-refractivity contribution in [3.05, 3.63) is 77.1 Å². The van der Waals surface area contributed by atoms with Crippen LogP contribution in [-0.4, -0.2) is 11.1 Å². The minimum Gasteiger partial charge on any atom is -0.478 e. The van der Waals surface area contributed by atoms with Crippen molar-refractivity contribution >= 4 is 11.7 Å². The molecule has 0 aromatic heterocycles. The lowest BCUT2D eigenvalue weighted by Gasteiger charge is -2.37. The molecule has 3 nitrogen and oxygen atoms in total. The van der Waals surface area contributed by atoms with E-state index < -0.39 is 5.97 Å². The van der Waals surface area contributed by atoms with Crippen molar-refractivity contribution in [1.82, 2.24) is 0 Å². The molecule has 0 saturated carbocycles. The summed E-state index contributed by atoms with van der Waals surface area (Å²) in [4.78, 5) is 11.2. The summed E-state index contributed by atoms with van der Waals surface area (Å²) in [6, 6.07) is 11.9. The highest BCUT2D eigenvalue weighted by atomic mass is 19.1. The maximum atomic E-state index is 13.2. The van der Waals surface area contributed by atoms with Gasteiger partial charge < -0.3 is 10.4 Å². The molecule has 1 aliphatic heterocycles. The van der Waals surface area contributed by atoms with Gasteiger partial charge in [0.25, 0.3) is 0 Å². The molecule has 0 amide bonds. The largest absolute Gasteiger partial charge is 0.478 e. The summed E-state index contributed by atoms with van der Waals surface area (Å²) < 4.78 is 13.2. The molecule has 4 rings (SSSR count). The Morgan fingerprint density at radius 2 is 1.96 bits per heavy atom. The van der Waals surface area contributed by atoms with Gasteiger partial charge in [-0.1, -0.05) is 24.3 Å². The Bertz CT molecular complexity index is 798. The third kappa shape index (κ3) is 2.31. The summed E-state index contributed by atoms with van der Waals surface area (Å²) in [5.41, 5.74) is 3.35. The second kappa shape index (κ2) is 5.23. The van der Waals surface area contributed by atoms with Crippen LogP contribution in [0.3, 0.4) is 0 Å². The van der Waals surface area contributed by atoms with Gasteiger partial charge in [-0.05, 0) is 53.8 Å². The van der Waals surface area contributed by atoms with E-state index in [1.165, 1.54) is 12.1 Å². The van der Waals surface area contributed by atoms with Crippen LogP contribution in [0.1, 0.15) is 39.9 Å². The molecule has 1 heterocycles. The Labute approximate surface area is 133 Å². The van der Waals surface area contributed by atoms with Gasteiger partial charge in [0.1, 0.15) is 5.82 Å². The number of hydrogen-bond donors (Lipinski definition) is 2. The van der Waals surface area contributed by atoms with E-state index in [1.807, 2.05) is 18.2 Å². The van der Waals surface area contributed by atoms with Crippen molar-refractivity contribution in [3.8, 4) is 0 Å². The standard InChI is InChI=1S/C19H16FNO2/c20-13-7-4-11(5-8-13)18-15-3-1-2-14(15)16-10-12(19(22)23)6-9-17(16)21-18/h1-2,4-10,14-15,18,21H,3H2,(H,22,23)/t14-,15-,18+/m0/s1. The number of nitrogens with one attached hydrogen (secondary N) is 1. The maximum absolute atomic E-state index is 13.2. The SMILES string of the molecule is O=C(O)c1ccc2c(c1)[C@H]1C=CC[C@@H]1[C@@H](c1ccc(F)cc1)N2. The predicted molar refractivity (Wildman–Crippen MR) is 86.2 cm³/mol. The molecule has 0 saturated heterocycles. The maximum Gasteiger partial charge on any atom is 0.335 e. The fraction of sp³-hybridized carbons (Fsp3) is 0.211. The summed E-state index contributed by atoms with van der Waals surface area (Å²) in [5, 5.41) is 12.7. The van der Waals surface area contributed by atoms with Gasteiger partial charge in [-0.25, -0.2) is 9.18 Å². The average molecular weight is 309 g/mol. The number of aromatic carboxylic acids is 1. The fourth-order valence-corrected chi connectivity index (χ4v) is 3.73. The van der Waals surface area contributed by atoms with E-state index >= 15 is 0 Å². The smallest absolute Gasteiger partial charge is 0.335 e. The molecule has 2 N–H and O–H groups in total. The van der Waals surface area contributed by atoms with E-state index in [0.29, 0.717) is 11.5 Å². The molecule has 3 atom stereocenters. The molecular weight excluding hydrogens is 293 g/mol. The monoisotopic (exact) mass is 309 g/mol. The minimum absolute atomic E-state index is 0.0961. The van der Waals surface area contributed by atoms with Gasteiger partial charge in [-0.3, -0.25) is 0 Å². The van der Waals surface area contributed by atoms with Crippen molar-refractivity contribution in [2.24, 2.45) is 5.92 Å². The first-order valence-electron chi connectivity index (χ1n) is 7.69. The molecule has 116 valence electrons. The predicted octanol–water partition coefficient (Wildman–Crippen LogP) is 4.35. The number of allylic oxidation sites excluding steroid dienone is 2. The summed E-state index contributed by atoms with van der Waals surface area (Å²) in [6.45, 7) is 0. The molecule has 0 radical (unpaired) electrons. The van der Waals surface area contributed by atoms with Crippen LogP contribution < -0.4 is 5.32 Å². The first-order chi connectivity index (χ1) is 11.1. The molecule has 23 heavy (non-hydrogen) atoms. The molecule has 1 aliphatic carbocycles. The van der Waals surface area contributed by atoms with Gasteiger partial charge in [0.2, 0.25) is 0 Å². The quantitative estimate of drug-likeness (QED) is 0.811. The number of hydrogen-bond acceptors (Lipinski definition) is 2. The Morgan fingerprint density at radius 1 is 1.17 bits per heavy atom. The lowest BCUT2D eigenvalue weighted by atomic mass is 9.76. The topological polar surface area (TPSA) is 49.3 Å². The van der Waals surface area contributed by atoms with Crippen LogP contribution in [0.15, 0.2) is 54.6 Å². The van der Waals surface area contributed by atoms with Crippen LogP contribution in [0.25, 0.3) is 0 Å². The summed E-state index contributed by atoms with van der Waals surface area (Å²) >= 11 is 0. The zero-order valence-electron chi connectivity index (χ0n) is 12.4. The highest BCUT2D eigenvalue weighted by Crippen LogP contribution is 2.49. The van der Waals surface area contributed by atoms with Crippen molar-refractivity contribution in [3.63, 3.8) is 0 Å². The molecule has 2 aliphatic rings. The first-order valence-corrected chi connectivity index (χ1v) is 7.69. The Morgan fingerprint density at radius 3 is 2.70 bits per heavy atom. The number of fused-ring (bicyclic) bond motifs is 3. The number of carbonyl (C=O) groups is 1. The van der Waals surface area contributed by atoms with Crippen molar-refractivity contribution < 1.29 is 14.3 Å². The van der Waals surface area contributed by atoms with Crippen molar-refractivity contribution in [2.45, 2.75) is 18.4 Å². The third-order valence-corrected chi connectivity index (χ3v) is 4.84. The normalized spacial score (nSPS) is 24.7. The lowest BCUT2D eigenvalue weighted by molar-refractivity contribution is 0.0696. The molecule has 0 bridgehead atoms. The summed E-state index contributed by atoms with van der Waals surface area (Å²) in [7, 11) is 0. The number of halogens is 1. The van der Waals surface area contributed by atoms with E-state index in [-0.39, 0.29) is 17.8 Å². The molecule has 2 aromatic rings. The van der Waals surface area contributed by atoms with Gasteiger partial charge in [-0.15, -0.1) is 0 Å². The highest BCUT2D eigenvalue weighted by molar-refractivity contribution is 5.89. The molecule has 4 heteroatoms. The number of carboxylic acid groups (broad SMARTS) is 1. The molecule has 0 unspecified atom stereocenters. The van der Waals surface area contributed by atoms with E-state index in [4.69, 9.17) is 0 Å². The van der Waals surface area contributed by atoms with E-state index in [1.54, 1.807) is 12.1 Å². The van der Waals surface area contributed by atoms with Crippen LogP contribution in [0.4, 0.5) is 10.1 Å². The van der Waals surface area contributed by atoms with E-state index in [0.717, 1.165) is 23.2 Å². The van der Waals surface area contributed by atoms with Crippen molar-refractivity contribution in [1.29, 1.82) is 0 Å². The molecule has 2 aromatic carbocycles. The van der Waals surface area contributed by atoms with Gasteiger partial charge >= 0.3 is 5.97 Å². The van der Waals surface area contributed by atoms with Gasteiger partial charge in [-0.2, -0.15) is 0 Å². The Balaban J connectivity index is 1.77. The third-order valence-electron chi connectivity index (χ3n) is 4.84. The lowest BCUT2D eigenvalue weighted by Crippen LogP contribution is -2.29. The van der Waals surface area contributed by atoms with Crippen LogP contribution in [0.5, 0.6) is 0 Å². The van der Waals surface area contributed by atoms with Crippen LogP contribution in [0, 0.1) is 11.7 Å². The molecular formula is C19H16FNO2. The number of rotatable bonds is 2. The number of benzene rings is 2. The Hall–Kier alpha value is -2.62. The number of carboxylic acids is 1. The second-order valence-corrected chi connectivity index (χ2v) is 6.13. The zero-order chi connectivity index (χ0) is 16.0. The second-order valence-electron chi connectivity index (χ2n) is 6.13. The van der Waals surface area contributed by atoms with Gasteiger partial charge in [0, 0.05) is 11.6 Å². The fourth-order valence-electron chi connectivity index (χ4n) is 3.73.